The van der Waals surface area contributed by atoms with Crippen molar-refractivity contribution in [2.45, 2.75) is 6.42 Å². The summed E-state index contributed by atoms with van der Waals surface area (Å²) in [7, 11) is 0. The second-order valence-electron chi connectivity index (χ2n) is 4.34. The third kappa shape index (κ3) is 3.65. The van der Waals surface area contributed by atoms with Gasteiger partial charge in [0, 0.05) is 17.2 Å². The number of hydrogen-bond acceptors (Lipinski definition) is 2. The Kier molecular flexibility index (Phi) is 4.45. The summed E-state index contributed by atoms with van der Waals surface area (Å²) in [6.45, 7) is 0. The highest BCUT2D eigenvalue weighted by atomic mass is 16.4. The predicted octanol–water partition coefficient (Wildman–Crippen LogP) is 3.10. The van der Waals surface area contributed by atoms with Gasteiger partial charge in [-0.25, -0.2) is 4.79 Å². The molecule has 0 saturated carbocycles. The molecule has 1 N–H and O–H groups in total. The Balaban J connectivity index is 2.08. The normalized spacial score (nSPS) is 10.6. The molecule has 0 aliphatic carbocycles. The van der Waals surface area contributed by atoms with Gasteiger partial charge in [-0.2, -0.15) is 0 Å². The summed E-state index contributed by atoms with van der Waals surface area (Å²) in [5.74, 6) is -0.973. The number of carboxylic acids is 1. The summed E-state index contributed by atoms with van der Waals surface area (Å²) < 4.78 is 0. The Hall–Kier alpha value is -2.68. The first-order valence-corrected chi connectivity index (χ1v) is 6.25. The van der Waals surface area contributed by atoms with Crippen LogP contribution in [0.25, 0.3) is 0 Å². The van der Waals surface area contributed by atoms with Gasteiger partial charge in [0.25, 0.3) is 0 Å². The number of aliphatic carboxylic acids is 1. The van der Waals surface area contributed by atoms with Crippen molar-refractivity contribution in [1.82, 2.24) is 0 Å². The highest BCUT2D eigenvalue weighted by molar-refractivity contribution is 6.08. The van der Waals surface area contributed by atoms with Gasteiger partial charge in [0.1, 0.15) is 0 Å². The summed E-state index contributed by atoms with van der Waals surface area (Å²) in [6, 6.07) is 16.3. The molecule has 2 aromatic rings. The number of ketones is 1. The Morgan fingerprint density at radius 1 is 0.900 bits per heavy atom. The van der Waals surface area contributed by atoms with Gasteiger partial charge >= 0.3 is 5.97 Å². The molecule has 2 aromatic carbocycles. The molecular formula is C17H14O3. The maximum atomic E-state index is 12.2. The van der Waals surface area contributed by atoms with Crippen molar-refractivity contribution >= 4 is 11.8 Å². The summed E-state index contributed by atoms with van der Waals surface area (Å²) >= 11 is 0. The van der Waals surface area contributed by atoms with Crippen LogP contribution in [-0.2, 0) is 11.2 Å². The first-order valence-electron chi connectivity index (χ1n) is 6.25. The van der Waals surface area contributed by atoms with Crippen LogP contribution in [0.2, 0.25) is 0 Å². The van der Waals surface area contributed by atoms with E-state index in [-0.39, 0.29) is 5.78 Å². The van der Waals surface area contributed by atoms with Crippen LogP contribution in [0.15, 0.2) is 66.7 Å². The zero-order valence-corrected chi connectivity index (χ0v) is 10.8. The van der Waals surface area contributed by atoms with Crippen LogP contribution in [0.4, 0.5) is 0 Å². The van der Waals surface area contributed by atoms with E-state index in [4.69, 9.17) is 5.11 Å². The van der Waals surface area contributed by atoms with Crippen molar-refractivity contribution in [1.29, 1.82) is 0 Å². The molecule has 0 spiro atoms. The standard InChI is InChI=1S/C17H14O3/c18-16(19)8-4-5-13-9-11-15(12-10-13)17(20)14-6-2-1-3-7-14/h1-4,6-12H,5H2,(H,18,19). The number of hydrogen-bond donors (Lipinski definition) is 1. The van der Waals surface area contributed by atoms with Gasteiger partial charge in [-0.15, -0.1) is 0 Å². The molecule has 100 valence electrons. The second-order valence-corrected chi connectivity index (χ2v) is 4.34. The van der Waals surface area contributed by atoms with Crippen molar-refractivity contribution in [3.63, 3.8) is 0 Å². The van der Waals surface area contributed by atoms with Crippen LogP contribution in [0.1, 0.15) is 21.5 Å². The molecular weight excluding hydrogens is 252 g/mol. The number of allylic oxidation sites excluding steroid dienone is 1. The fourth-order valence-electron chi connectivity index (χ4n) is 1.84. The van der Waals surface area contributed by atoms with E-state index >= 15 is 0 Å². The molecule has 0 bridgehead atoms. The molecule has 0 amide bonds. The average Bonchev–Trinajstić information content (AvgIpc) is 2.48. The van der Waals surface area contributed by atoms with E-state index in [9.17, 15) is 9.59 Å². The molecule has 0 aromatic heterocycles. The molecule has 3 nitrogen and oxygen atoms in total. The van der Waals surface area contributed by atoms with Crippen molar-refractivity contribution in [2.75, 3.05) is 0 Å². The minimum Gasteiger partial charge on any atom is -0.478 e. The summed E-state index contributed by atoms with van der Waals surface area (Å²) in [5, 5.41) is 8.50. The zero-order valence-electron chi connectivity index (χ0n) is 10.8. The van der Waals surface area contributed by atoms with Crippen LogP contribution >= 0.6 is 0 Å². The van der Waals surface area contributed by atoms with Crippen molar-refractivity contribution in [2.24, 2.45) is 0 Å². The van der Waals surface area contributed by atoms with Gasteiger partial charge in [0.15, 0.2) is 5.78 Å². The van der Waals surface area contributed by atoms with Crippen LogP contribution in [0, 0.1) is 0 Å². The van der Waals surface area contributed by atoms with Crippen molar-refractivity contribution < 1.29 is 14.7 Å². The van der Waals surface area contributed by atoms with Gasteiger partial charge in [0.05, 0.1) is 0 Å². The monoisotopic (exact) mass is 266 g/mol. The van der Waals surface area contributed by atoms with Gasteiger partial charge in [-0.1, -0.05) is 60.7 Å². The lowest BCUT2D eigenvalue weighted by atomic mass is 10.0. The van der Waals surface area contributed by atoms with Gasteiger partial charge in [-0.3, -0.25) is 4.79 Å². The summed E-state index contributed by atoms with van der Waals surface area (Å²) in [4.78, 5) is 22.5. The van der Waals surface area contributed by atoms with Gasteiger partial charge < -0.3 is 5.11 Å². The minimum atomic E-state index is -0.958. The van der Waals surface area contributed by atoms with Gasteiger partial charge in [-0.05, 0) is 12.0 Å². The maximum absolute atomic E-state index is 12.2. The molecule has 0 fully saturated rings. The van der Waals surface area contributed by atoms with E-state index in [2.05, 4.69) is 0 Å². The smallest absolute Gasteiger partial charge is 0.327 e. The minimum absolute atomic E-state index is 0.0155. The van der Waals surface area contributed by atoms with Crippen LogP contribution in [0.5, 0.6) is 0 Å². The zero-order chi connectivity index (χ0) is 14.4. The first kappa shape index (κ1) is 13.7. The summed E-state index contributed by atoms with van der Waals surface area (Å²) in [5.41, 5.74) is 2.25. The first-order chi connectivity index (χ1) is 9.66. The highest BCUT2D eigenvalue weighted by Gasteiger charge is 2.07. The number of carbonyl (C=O) groups is 2. The number of carbonyl (C=O) groups excluding carboxylic acids is 1. The number of carboxylic acid groups (broad SMARTS) is 1. The second kappa shape index (κ2) is 6.48. The molecule has 0 atom stereocenters. The number of rotatable bonds is 5. The third-order valence-electron chi connectivity index (χ3n) is 2.87. The molecule has 0 saturated heterocycles. The molecule has 0 radical (unpaired) electrons. The van der Waals surface area contributed by atoms with E-state index in [0.29, 0.717) is 17.5 Å². The Morgan fingerprint density at radius 2 is 1.50 bits per heavy atom. The molecule has 0 aliphatic heterocycles. The van der Waals surface area contributed by atoms with Crippen LogP contribution in [0.3, 0.4) is 0 Å². The van der Waals surface area contributed by atoms with E-state index in [0.717, 1.165) is 11.6 Å². The molecule has 0 heterocycles. The Labute approximate surface area is 117 Å². The molecule has 0 unspecified atom stereocenters. The largest absolute Gasteiger partial charge is 0.478 e. The van der Waals surface area contributed by atoms with E-state index in [1.807, 2.05) is 30.3 Å². The lowest BCUT2D eigenvalue weighted by Crippen LogP contribution is -2.00. The van der Waals surface area contributed by atoms with E-state index in [1.54, 1.807) is 30.3 Å². The molecule has 0 aliphatic rings. The SMILES string of the molecule is O=C(O)C=CCc1ccc(C(=O)c2ccccc2)cc1. The van der Waals surface area contributed by atoms with E-state index < -0.39 is 5.97 Å². The van der Waals surface area contributed by atoms with Crippen LogP contribution < -0.4 is 0 Å². The Bertz CT molecular complexity index is 625. The molecule has 20 heavy (non-hydrogen) atoms. The molecule has 2 rings (SSSR count). The average molecular weight is 266 g/mol. The fourth-order valence-corrected chi connectivity index (χ4v) is 1.84. The quantitative estimate of drug-likeness (QED) is 0.668. The fraction of sp³-hybridized carbons (Fsp3) is 0.0588. The predicted molar refractivity (Wildman–Crippen MR) is 76.8 cm³/mol. The number of benzene rings is 2. The third-order valence-corrected chi connectivity index (χ3v) is 2.87. The summed E-state index contributed by atoms with van der Waals surface area (Å²) in [6.07, 6.45) is 3.23. The topological polar surface area (TPSA) is 54.4 Å². The van der Waals surface area contributed by atoms with Gasteiger partial charge in [0.2, 0.25) is 0 Å². The maximum Gasteiger partial charge on any atom is 0.327 e. The highest BCUT2D eigenvalue weighted by Crippen LogP contribution is 2.11. The lowest BCUT2D eigenvalue weighted by molar-refractivity contribution is -0.131. The van der Waals surface area contributed by atoms with Crippen molar-refractivity contribution in [3.8, 4) is 0 Å². The van der Waals surface area contributed by atoms with Crippen molar-refractivity contribution in [3.05, 3.63) is 83.4 Å². The Morgan fingerprint density at radius 3 is 2.10 bits per heavy atom. The lowest BCUT2D eigenvalue weighted by Gasteiger charge is -2.02. The molecule has 3 heteroatoms. The van der Waals surface area contributed by atoms with Crippen LogP contribution in [-0.4, -0.2) is 16.9 Å². The van der Waals surface area contributed by atoms with E-state index in [1.165, 1.54) is 0 Å².